The van der Waals surface area contributed by atoms with Gasteiger partial charge in [-0.05, 0) is 48.9 Å². The minimum Gasteiger partial charge on any atom is -0.386 e. The number of hydrogen-bond donors (Lipinski definition) is 4. The second-order valence-corrected chi connectivity index (χ2v) is 5.79. The molecule has 130 valence electrons. The normalized spacial score (nSPS) is 13.4. The number of urea groups is 1. The summed E-state index contributed by atoms with van der Waals surface area (Å²) in [5.41, 5.74) is 1.73. The Bertz CT molecular complexity index is 910. The van der Waals surface area contributed by atoms with Crippen LogP contribution in [0.25, 0.3) is 10.9 Å². The first kappa shape index (κ1) is 16.9. The van der Waals surface area contributed by atoms with Gasteiger partial charge in [-0.3, -0.25) is 0 Å². The highest BCUT2D eigenvalue weighted by molar-refractivity contribution is 5.92. The van der Waals surface area contributed by atoms with Crippen LogP contribution in [0.15, 0.2) is 48.7 Å². The quantitative estimate of drug-likeness (QED) is 0.582. The van der Waals surface area contributed by atoms with E-state index in [2.05, 4.69) is 15.6 Å². The molecule has 2 amide bonds. The third kappa shape index (κ3) is 3.77. The molecule has 0 spiro atoms. The second kappa shape index (κ2) is 6.90. The molecule has 0 aliphatic carbocycles. The Labute approximate surface area is 142 Å². The summed E-state index contributed by atoms with van der Waals surface area (Å²) in [4.78, 5) is 15.1. The van der Waals surface area contributed by atoms with Crippen molar-refractivity contribution in [1.82, 2.24) is 10.3 Å². The second-order valence-electron chi connectivity index (χ2n) is 5.79. The first-order valence-corrected chi connectivity index (χ1v) is 7.72. The van der Waals surface area contributed by atoms with Crippen molar-refractivity contribution in [2.75, 3.05) is 5.32 Å². The molecule has 0 aliphatic rings. The summed E-state index contributed by atoms with van der Waals surface area (Å²) in [6.07, 6.45) is 0.627. The number of aromatic nitrogens is 1. The van der Waals surface area contributed by atoms with E-state index >= 15 is 0 Å². The molecular weight excluding hydrogens is 328 g/mol. The molecule has 0 aliphatic heterocycles. The molecule has 1 aromatic heterocycles. The SMILES string of the molecule is CC(NC(=O)Nc1ccc2[nH]ccc2c1)C(O)c1ccc(F)c(F)c1. The van der Waals surface area contributed by atoms with E-state index in [0.717, 1.165) is 23.0 Å². The van der Waals surface area contributed by atoms with Crippen molar-refractivity contribution in [1.29, 1.82) is 0 Å². The van der Waals surface area contributed by atoms with Gasteiger partial charge in [-0.2, -0.15) is 0 Å². The van der Waals surface area contributed by atoms with Gasteiger partial charge in [-0.1, -0.05) is 6.07 Å². The largest absolute Gasteiger partial charge is 0.386 e. The number of anilines is 1. The van der Waals surface area contributed by atoms with Crippen molar-refractivity contribution in [3.63, 3.8) is 0 Å². The number of halogens is 2. The zero-order valence-electron chi connectivity index (χ0n) is 13.4. The average Bonchev–Trinajstić information content (AvgIpc) is 3.04. The molecule has 0 radical (unpaired) electrons. The number of H-pyrrole nitrogens is 1. The first-order valence-electron chi connectivity index (χ1n) is 7.72. The lowest BCUT2D eigenvalue weighted by Gasteiger charge is -2.21. The predicted octanol–water partition coefficient (Wildman–Crippen LogP) is 3.69. The summed E-state index contributed by atoms with van der Waals surface area (Å²) in [7, 11) is 0. The maximum atomic E-state index is 13.3. The van der Waals surface area contributed by atoms with Gasteiger partial charge in [-0.25, -0.2) is 13.6 Å². The van der Waals surface area contributed by atoms with Crippen molar-refractivity contribution in [3.8, 4) is 0 Å². The number of rotatable bonds is 4. The Kier molecular flexibility index (Phi) is 4.67. The molecule has 0 saturated heterocycles. The van der Waals surface area contributed by atoms with Gasteiger partial charge in [0, 0.05) is 22.8 Å². The number of amides is 2. The van der Waals surface area contributed by atoms with Gasteiger partial charge >= 0.3 is 6.03 Å². The first-order chi connectivity index (χ1) is 11.9. The number of hydrogen-bond acceptors (Lipinski definition) is 2. The Morgan fingerprint density at radius 2 is 1.92 bits per heavy atom. The third-order valence-corrected chi connectivity index (χ3v) is 3.93. The van der Waals surface area contributed by atoms with Crippen LogP contribution in [0.3, 0.4) is 0 Å². The molecule has 4 N–H and O–H groups in total. The molecule has 2 aromatic carbocycles. The maximum Gasteiger partial charge on any atom is 0.319 e. The average molecular weight is 345 g/mol. The molecule has 0 bridgehead atoms. The Morgan fingerprint density at radius 1 is 1.12 bits per heavy atom. The Morgan fingerprint density at radius 3 is 2.68 bits per heavy atom. The molecule has 2 unspecified atom stereocenters. The number of carbonyl (C=O) groups is 1. The van der Waals surface area contributed by atoms with Crippen LogP contribution in [0.2, 0.25) is 0 Å². The number of benzene rings is 2. The summed E-state index contributed by atoms with van der Waals surface area (Å²) in [5, 5.41) is 16.4. The van der Waals surface area contributed by atoms with E-state index in [1.54, 1.807) is 19.2 Å². The Balaban J connectivity index is 1.63. The fraction of sp³-hybridized carbons (Fsp3) is 0.167. The maximum absolute atomic E-state index is 13.3. The van der Waals surface area contributed by atoms with Crippen LogP contribution in [0.4, 0.5) is 19.3 Å². The predicted molar refractivity (Wildman–Crippen MR) is 91.2 cm³/mol. The van der Waals surface area contributed by atoms with Gasteiger partial charge in [0.15, 0.2) is 11.6 Å². The van der Waals surface area contributed by atoms with Gasteiger partial charge in [0.25, 0.3) is 0 Å². The number of fused-ring (bicyclic) bond motifs is 1. The number of nitrogens with one attached hydrogen (secondary N) is 3. The summed E-state index contributed by atoms with van der Waals surface area (Å²) >= 11 is 0. The highest BCUT2D eigenvalue weighted by atomic mass is 19.2. The van der Waals surface area contributed by atoms with Crippen LogP contribution in [0.1, 0.15) is 18.6 Å². The summed E-state index contributed by atoms with van der Waals surface area (Å²) < 4.78 is 26.2. The summed E-state index contributed by atoms with van der Waals surface area (Å²) in [5.74, 6) is -2.04. The van der Waals surface area contributed by atoms with E-state index in [4.69, 9.17) is 0 Å². The van der Waals surface area contributed by atoms with Gasteiger partial charge in [0.1, 0.15) is 0 Å². The van der Waals surface area contributed by atoms with Crippen molar-refractivity contribution in [2.45, 2.75) is 19.1 Å². The summed E-state index contributed by atoms with van der Waals surface area (Å²) in [6.45, 7) is 1.57. The van der Waals surface area contributed by atoms with E-state index in [1.165, 1.54) is 6.07 Å². The van der Waals surface area contributed by atoms with Crippen molar-refractivity contribution >= 4 is 22.6 Å². The van der Waals surface area contributed by atoms with E-state index in [1.807, 2.05) is 18.2 Å². The topological polar surface area (TPSA) is 77.2 Å². The van der Waals surface area contributed by atoms with Gasteiger partial charge in [-0.15, -0.1) is 0 Å². The molecule has 0 saturated carbocycles. The van der Waals surface area contributed by atoms with Crippen LogP contribution in [-0.2, 0) is 0 Å². The molecule has 7 heteroatoms. The van der Waals surface area contributed by atoms with Gasteiger partial charge < -0.3 is 20.7 Å². The van der Waals surface area contributed by atoms with Crippen molar-refractivity contribution < 1.29 is 18.7 Å². The number of carbonyl (C=O) groups excluding carboxylic acids is 1. The smallest absolute Gasteiger partial charge is 0.319 e. The van der Waals surface area contributed by atoms with E-state index in [0.29, 0.717) is 5.69 Å². The van der Waals surface area contributed by atoms with E-state index < -0.39 is 29.8 Å². The standard InChI is InChI=1S/C18H17F2N3O2/c1-10(17(24)12-2-4-14(19)15(20)9-12)22-18(25)23-13-3-5-16-11(8-13)6-7-21-16/h2-10,17,21,24H,1H3,(H2,22,23,25). The molecule has 25 heavy (non-hydrogen) atoms. The fourth-order valence-corrected chi connectivity index (χ4v) is 2.57. The monoisotopic (exact) mass is 345 g/mol. The number of aromatic amines is 1. The van der Waals surface area contributed by atoms with Crippen molar-refractivity contribution in [3.05, 3.63) is 65.9 Å². The molecule has 1 heterocycles. The van der Waals surface area contributed by atoms with Gasteiger partial charge in [0.05, 0.1) is 12.1 Å². The minimum atomic E-state index is -1.17. The molecule has 3 aromatic rings. The third-order valence-electron chi connectivity index (χ3n) is 3.93. The zero-order valence-corrected chi connectivity index (χ0v) is 13.4. The van der Waals surface area contributed by atoms with Gasteiger partial charge in [0.2, 0.25) is 0 Å². The Hall–Kier alpha value is -2.93. The van der Waals surface area contributed by atoms with Crippen LogP contribution >= 0.6 is 0 Å². The lowest BCUT2D eigenvalue weighted by molar-refractivity contribution is 0.138. The molecule has 3 rings (SSSR count). The molecule has 5 nitrogen and oxygen atoms in total. The van der Waals surface area contributed by atoms with E-state index in [-0.39, 0.29) is 5.56 Å². The van der Waals surface area contributed by atoms with Crippen LogP contribution < -0.4 is 10.6 Å². The number of aliphatic hydroxyl groups is 1. The highest BCUT2D eigenvalue weighted by Gasteiger charge is 2.20. The van der Waals surface area contributed by atoms with Crippen LogP contribution in [0, 0.1) is 11.6 Å². The molecule has 2 atom stereocenters. The molecular formula is C18H17F2N3O2. The minimum absolute atomic E-state index is 0.181. The van der Waals surface area contributed by atoms with Crippen LogP contribution in [-0.4, -0.2) is 22.2 Å². The van der Waals surface area contributed by atoms with Crippen LogP contribution in [0.5, 0.6) is 0 Å². The fourth-order valence-electron chi connectivity index (χ4n) is 2.57. The van der Waals surface area contributed by atoms with E-state index in [9.17, 15) is 18.7 Å². The number of aliphatic hydroxyl groups excluding tert-OH is 1. The summed E-state index contributed by atoms with van der Waals surface area (Å²) in [6, 6.07) is 9.18. The van der Waals surface area contributed by atoms with Crippen molar-refractivity contribution in [2.24, 2.45) is 0 Å². The zero-order chi connectivity index (χ0) is 18.0. The lowest BCUT2D eigenvalue weighted by Crippen LogP contribution is -2.39. The molecule has 0 fully saturated rings. The lowest BCUT2D eigenvalue weighted by atomic mass is 10.0. The highest BCUT2D eigenvalue weighted by Crippen LogP contribution is 2.20.